The zero-order valence-corrected chi connectivity index (χ0v) is 20.4. The lowest BCUT2D eigenvalue weighted by Gasteiger charge is -2.46. The molecule has 1 aromatic carbocycles. The molecule has 190 valence electrons. The summed E-state index contributed by atoms with van der Waals surface area (Å²) in [6, 6.07) is 3.67. The zero-order valence-electron chi connectivity index (χ0n) is 20.4. The predicted molar refractivity (Wildman–Crippen MR) is 128 cm³/mol. The lowest BCUT2D eigenvalue weighted by Crippen LogP contribution is -2.56. The van der Waals surface area contributed by atoms with E-state index in [0.29, 0.717) is 12.3 Å². The number of hydrogen-bond donors (Lipinski definition) is 1. The van der Waals surface area contributed by atoms with Crippen LogP contribution < -0.4 is 10.1 Å². The highest BCUT2D eigenvalue weighted by Gasteiger charge is 2.44. The van der Waals surface area contributed by atoms with Gasteiger partial charge in [0.2, 0.25) is 11.8 Å². The number of fused-ring (bicyclic) bond motifs is 1. The van der Waals surface area contributed by atoms with Crippen LogP contribution in [0.3, 0.4) is 0 Å². The van der Waals surface area contributed by atoms with Gasteiger partial charge in [-0.3, -0.25) is 34.3 Å². The second kappa shape index (κ2) is 10.0. The number of rotatable bonds is 4. The van der Waals surface area contributed by atoms with Crippen molar-refractivity contribution in [3.8, 4) is 17.6 Å². The van der Waals surface area contributed by atoms with Crippen LogP contribution in [-0.2, 0) is 14.3 Å². The molecule has 4 aliphatic heterocycles. The van der Waals surface area contributed by atoms with E-state index in [1.807, 2.05) is 0 Å². The molecular weight excluding hydrogens is 464 g/mol. The molecule has 4 heterocycles. The molecule has 0 aromatic heterocycles. The van der Waals surface area contributed by atoms with E-state index < -0.39 is 29.7 Å². The predicted octanol–water partition coefficient (Wildman–Crippen LogP) is 0.267. The summed E-state index contributed by atoms with van der Waals surface area (Å²) in [4.78, 5) is 54.9. The van der Waals surface area contributed by atoms with E-state index in [9.17, 15) is 19.2 Å². The number of ether oxygens (including phenoxy) is 2. The Bertz CT molecular complexity index is 1150. The molecule has 0 saturated carbocycles. The van der Waals surface area contributed by atoms with Crippen LogP contribution >= 0.6 is 0 Å². The van der Waals surface area contributed by atoms with Crippen LogP contribution in [0, 0.1) is 11.8 Å². The monoisotopic (exact) mass is 494 g/mol. The average molecular weight is 495 g/mol. The quantitative estimate of drug-likeness (QED) is 0.469. The summed E-state index contributed by atoms with van der Waals surface area (Å²) in [5, 5.41) is 2.19. The molecule has 4 amide bonds. The highest BCUT2D eigenvalue weighted by Crippen LogP contribution is 2.31. The van der Waals surface area contributed by atoms with Crippen LogP contribution in [-0.4, -0.2) is 103 Å². The number of amides is 4. The van der Waals surface area contributed by atoms with Crippen LogP contribution in [0.1, 0.15) is 46.4 Å². The third kappa shape index (κ3) is 4.87. The SMILES string of the molecule is CN1CCC2(CC1)CN(CC#CCOc1ccc3c(c1)C(=O)N(C1CCC(=O)NC1=O)C3=O)CCO2. The van der Waals surface area contributed by atoms with Gasteiger partial charge in [-0.15, -0.1) is 0 Å². The molecule has 3 fully saturated rings. The summed E-state index contributed by atoms with van der Waals surface area (Å²) in [7, 11) is 2.14. The number of benzene rings is 1. The first-order valence-corrected chi connectivity index (χ1v) is 12.3. The number of imide groups is 2. The van der Waals surface area contributed by atoms with Gasteiger partial charge in [0.05, 0.1) is 29.9 Å². The van der Waals surface area contributed by atoms with Gasteiger partial charge in [-0.25, -0.2) is 0 Å². The smallest absolute Gasteiger partial charge is 0.262 e. The summed E-state index contributed by atoms with van der Waals surface area (Å²) < 4.78 is 11.9. The first-order chi connectivity index (χ1) is 17.3. The van der Waals surface area contributed by atoms with Gasteiger partial charge in [-0.2, -0.15) is 0 Å². The summed E-state index contributed by atoms with van der Waals surface area (Å²) in [5.41, 5.74) is 0.351. The van der Waals surface area contributed by atoms with Gasteiger partial charge in [0.25, 0.3) is 11.8 Å². The minimum absolute atomic E-state index is 0.0565. The van der Waals surface area contributed by atoms with Gasteiger partial charge in [-0.1, -0.05) is 11.8 Å². The van der Waals surface area contributed by atoms with Gasteiger partial charge in [0.15, 0.2) is 0 Å². The molecule has 1 spiro atoms. The third-order valence-corrected chi connectivity index (χ3v) is 7.38. The molecule has 36 heavy (non-hydrogen) atoms. The maximum absolute atomic E-state index is 12.9. The molecule has 3 saturated heterocycles. The van der Waals surface area contributed by atoms with Crippen molar-refractivity contribution in [2.75, 3.05) is 53.0 Å². The van der Waals surface area contributed by atoms with Crippen molar-refractivity contribution in [3.05, 3.63) is 29.3 Å². The fraction of sp³-hybridized carbons (Fsp3) is 0.538. The maximum Gasteiger partial charge on any atom is 0.262 e. The van der Waals surface area contributed by atoms with Crippen molar-refractivity contribution in [3.63, 3.8) is 0 Å². The van der Waals surface area contributed by atoms with E-state index in [1.54, 1.807) is 6.07 Å². The van der Waals surface area contributed by atoms with Crippen molar-refractivity contribution >= 4 is 23.6 Å². The number of nitrogens with zero attached hydrogens (tertiary/aromatic N) is 3. The Kier molecular flexibility index (Phi) is 6.79. The third-order valence-electron chi connectivity index (χ3n) is 7.38. The van der Waals surface area contributed by atoms with E-state index >= 15 is 0 Å². The number of morpholine rings is 1. The molecule has 0 radical (unpaired) electrons. The molecule has 10 heteroatoms. The number of piperidine rings is 2. The van der Waals surface area contributed by atoms with E-state index in [1.165, 1.54) is 12.1 Å². The molecule has 1 atom stereocenters. The normalized spacial score (nSPS) is 24.4. The van der Waals surface area contributed by atoms with Gasteiger partial charge in [-0.05, 0) is 44.5 Å². The first-order valence-electron chi connectivity index (χ1n) is 12.3. The highest BCUT2D eigenvalue weighted by molar-refractivity contribution is 6.23. The molecule has 5 rings (SSSR count). The van der Waals surface area contributed by atoms with Gasteiger partial charge in [0, 0.05) is 32.6 Å². The van der Waals surface area contributed by atoms with Gasteiger partial charge in [0.1, 0.15) is 18.4 Å². The van der Waals surface area contributed by atoms with Crippen molar-refractivity contribution in [1.82, 2.24) is 20.0 Å². The second-order valence-electron chi connectivity index (χ2n) is 9.84. The summed E-state index contributed by atoms with van der Waals surface area (Å²) >= 11 is 0. The number of likely N-dealkylation sites (tertiary alicyclic amines) is 1. The largest absolute Gasteiger partial charge is 0.481 e. The zero-order chi connectivity index (χ0) is 25.3. The van der Waals surface area contributed by atoms with Crippen LogP contribution in [0.25, 0.3) is 0 Å². The van der Waals surface area contributed by atoms with Gasteiger partial charge < -0.3 is 14.4 Å². The molecule has 0 bridgehead atoms. The van der Waals surface area contributed by atoms with Crippen LogP contribution in [0.2, 0.25) is 0 Å². The number of nitrogens with one attached hydrogen (secondary N) is 1. The first kappa shape index (κ1) is 24.4. The molecule has 4 aliphatic rings. The average Bonchev–Trinajstić information content (AvgIpc) is 3.11. The Labute approximate surface area is 209 Å². The summed E-state index contributed by atoms with van der Waals surface area (Å²) in [5.74, 6) is 4.49. The van der Waals surface area contributed by atoms with Crippen LogP contribution in [0.15, 0.2) is 18.2 Å². The van der Waals surface area contributed by atoms with Crippen molar-refractivity contribution in [2.24, 2.45) is 0 Å². The number of carbonyl (C=O) groups excluding carboxylic acids is 4. The van der Waals surface area contributed by atoms with E-state index in [4.69, 9.17) is 9.47 Å². The number of carbonyl (C=O) groups is 4. The summed E-state index contributed by atoms with van der Waals surface area (Å²) in [6.07, 6.45) is 2.28. The number of hydrogen-bond acceptors (Lipinski definition) is 8. The minimum Gasteiger partial charge on any atom is -0.481 e. The highest BCUT2D eigenvalue weighted by atomic mass is 16.5. The Balaban J connectivity index is 1.15. The van der Waals surface area contributed by atoms with Crippen molar-refractivity contribution in [1.29, 1.82) is 0 Å². The lowest BCUT2D eigenvalue weighted by atomic mass is 9.89. The Morgan fingerprint density at radius 3 is 2.64 bits per heavy atom. The maximum atomic E-state index is 12.9. The van der Waals surface area contributed by atoms with E-state index in [0.717, 1.165) is 50.5 Å². The van der Waals surface area contributed by atoms with Crippen molar-refractivity contribution < 1.29 is 28.7 Å². The van der Waals surface area contributed by atoms with Crippen LogP contribution in [0.4, 0.5) is 0 Å². The van der Waals surface area contributed by atoms with E-state index in [-0.39, 0.29) is 36.2 Å². The standard InChI is InChI=1S/C26H30N4O6/c1-28-11-8-26(9-12-28)17-29(13-15-36-26)10-2-3-14-35-18-4-5-19-20(16-18)25(34)30(24(19)33)21-6-7-22(31)27-23(21)32/h4-5,16,21H,6-15,17H2,1H3,(H,27,31,32). The van der Waals surface area contributed by atoms with Crippen molar-refractivity contribution in [2.45, 2.75) is 37.3 Å². The molecule has 1 unspecified atom stereocenters. The molecule has 1 aromatic rings. The fourth-order valence-electron chi connectivity index (χ4n) is 5.26. The van der Waals surface area contributed by atoms with Crippen LogP contribution in [0.5, 0.6) is 5.75 Å². The fourth-order valence-corrected chi connectivity index (χ4v) is 5.26. The Hall–Kier alpha value is -3.26. The Morgan fingerprint density at radius 2 is 1.86 bits per heavy atom. The Morgan fingerprint density at radius 1 is 1.08 bits per heavy atom. The lowest BCUT2D eigenvalue weighted by molar-refractivity contribution is -0.136. The molecular formula is C26H30N4O6. The second-order valence-corrected chi connectivity index (χ2v) is 9.84. The van der Waals surface area contributed by atoms with Gasteiger partial charge >= 0.3 is 0 Å². The summed E-state index contributed by atoms with van der Waals surface area (Å²) in [6.45, 7) is 5.36. The van der Waals surface area contributed by atoms with E-state index in [2.05, 4.69) is 34.0 Å². The topological polar surface area (TPSA) is 108 Å². The molecule has 10 nitrogen and oxygen atoms in total. The molecule has 0 aliphatic carbocycles. The minimum atomic E-state index is -0.987. The molecule has 1 N–H and O–H groups in total.